The highest BCUT2D eigenvalue weighted by Gasteiger charge is 2.35. The summed E-state index contributed by atoms with van der Waals surface area (Å²) in [4.78, 5) is 15.8. The minimum absolute atomic E-state index is 0.203. The molecule has 98 valence electrons. The molecule has 0 spiro atoms. The molecule has 5 heteroatoms. The van der Waals surface area contributed by atoms with Crippen molar-refractivity contribution in [1.82, 2.24) is 4.98 Å². The van der Waals surface area contributed by atoms with Gasteiger partial charge in [-0.3, -0.25) is 9.78 Å². The van der Waals surface area contributed by atoms with E-state index < -0.39 is 17.3 Å². The van der Waals surface area contributed by atoms with Crippen LogP contribution in [0, 0.1) is 5.82 Å². The molecular formula is C14H14FN3O. The molecule has 19 heavy (non-hydrogen) atoms. The smallest absolute Gasteiger partial charge is 0.249 e. The van der Waals surface area contributed by atoms with Crippen molar-refractivity contribution < 1.29 is 9.18 Å². The number of rotatable bonds is 4. The summed E-state index contributed by atoms with van der Waals surface area (Å²) in [7, 11) is 0. The number of hydrogen-bond acceptors (Lipinski definition) is 3. The average molecular weight is 259 g/mol. The summed E-state index contributed by atoms with van der Waals surface area (Å²) in [6, 6.07) is 11.2. The second-order valence-electron chi connectivity index (χ2n) is 4.31. The molecule has 1 amide bonds. The van der Waals surface area contributed by atoms with Gasteiger partial charge in [0.2, 0.25) is 5.91 Å². The van der Waals surface area contributed by atoms with E-state index in [1.54, 1.807) is 49.5 Å². The van der Waals surface area contributed by atoms with Gasteiger partial charge in [0.25, 0.3) is 0 Å². The summed E-state index contributed by atoms with van der Waals surface area (Å²) >= 11 is 0. The maximum Gasteiger partial charge on any atom is 0.249 e. The lowest BCUT2D eigenvalue weighted by atomic mass is 9.95. The van der Waals surface area contributed by atoms with Crippen molar-refractivity contribution >= 4 is 11.6 Å². The van der Waals surface area contributed by atoms with Gasteiger partial charge in [-0.05, 0) is 31.2 Å². The molecule has 2 rings (SSSR count). The van der Waals surface area contributed by atoms with Crippen molar-refractivity contribution in [3.05, 3.63) is 60.2 Å². The normalized spacial score (nSPS) is 13.6. The van der Waals surface area contributed by atoms with Gasteiger partial charge in [0, 0.05) is 6.20 Å². The van der Waals surface area contributed by atoms with E-state index in [-0.39, 0.29) is 5.69 Å². The number of halogens is 1. The summed E-state index contributed by atoms with van der Waals surface area (Å²) < 4.78 is 13.7. The minimum atomic E-state index is -1.27. The zero-order valence-electron chi connectivity index (χ0n) is 10.4. The van der Waals surface area contributed by atoms with Crippen LogP contribution in [0.15, 0.2) is 48.7 Å². The molecule has 0 aliphatic carbocycles. The van der Waals surface area contributed by atoms with Gasteiger partial charge in [0.05, 0.1) is 11.4 Å². The van der Waals surface area contributed by atoms with Crippen molar-refractivity contribution in [2.75, 3.05) is 5.32 Å². The number of para-hydroxylation sites is 1. The molecule has 1 atom stereocenters. The summed E-state index contributed by atoms with van der Waals surface area (Å²) in [5.41, 5.74) is 4.80. The molecule has 1 heterocycles. The Morgan fingerprint density at radius 2 is 1.95 bits per heavy atom. The van der Waals surface area contributed by atoms with Crippen LogP contribution in [-0.2, 0) is 10.3 Å². The average Bonchev–Trinajstić information content (AvgIpc) is 2.42. The van der Waals surface area contributed by atoms with Crippen LogP contribution in [0.5, 0.6) is 0 Å². The van der Waals surface area contributed by atoms with Crippen molar-refractivity contribution in [3.8, 4) is 0 Å². The van der Waals surface area contributed by atoms with E-state index in [1.807, 2.05) is 0 Å². The zero-order chi connectivity index (χ0) is 13.9. The van der Waals surface area contributed by atoms with E-state index >= 15 is 0 Å². The van der Waals surface area contributed by atoms with Crippen LogP contribution in [0.3, 0.4) is 0 Å². The van der Waals surface area contributed by atoms with Crippen LogP contribution in [-0.4, -0.2) is 10.9 Å². The van der Waals surface area contributed by atoms with Crippen LogP contribution in [0.1, 0.15) is 12.6 Å². The van der Waals surface area contributed by atoms with Crippen molar-refractivity contribution in [3.63, 3.8) is 0 Å². The molecule has 3 N–H and O–H groups in total. The molecule has 0 aliphatic rings. The lowest BCUT2D eigenvalue weighted by Gasteiger charge is -2.28. The van der Waals surface area contributed by atoms with Crippen LogP contribution >= 0.6 is 0 Å². The van der Waals surface area contributed by atoms with E-state index in [1.165, 1.54) is 6.07 Å². The third-order valence-corrected chi connectivity index (χ3v) is 2.93. The monoisotopic (exact) mass is 259 g/mol. The van der Waals surface area contributed by atoms with Crippen molar-refractivity contribution in [2.45, 2.75) is 12.5 Å². The Balaban J connectivity index is 2.42. The lowest BCUT2D eigenvalue weighted by molar-refractivity contribution is -0.122. The van der Waals surface area contributed by atoms with E-state index in [0.717, 1.165) is 0 Å². The Morgan fingerprint density at radius 1 is 1.26 bits per heavy atom. The molecule has 1 aromatic heterocycles. The fraction of sp³-hybridized carbons (Fsp3) is 0.143. The first-order valence-electron chi connectivity index (χ1n) is 5.78. The SMILES string of the molecule is CC(Nc1ccccc1F)(C(N)=O)c1ccccn1. The fourth-order valence-corrected chi connectivity index (χ4v) is 1.74. The Labute approximate surface area is 110 Å². The molecular weight excluding hydrogens is 245 g/mol. The second-order valence-corrected chi connectivity index (χ2v) is 4.31. The van der Waals surface area contributed by atoms with E-state index in [9.17, 15) is 9.18 Å². The van der Waals surface area contributed by atoms with Gasteiger partial charge in [-0.1, -0.05) is 18.2 Å². The molecule has 0 aliphatic heterocycles. The standard InChI is InChI=1S/C14H14FN3O/c1-14(13(16)19,12-8-4-5-9-17-12)18-11-7-3-2-6-10(11)15/h2-9,18H,1H3,(H2,16,19). The topological polar surface area (TPSA) is 68.0 Å². The van der Waals surface area contributed by atoms with E-state index in [0.29, 0.717) is 5.69 Å². The number of amides is 1. The maximum absolute atomic E-state index is 13.7. The first kappa shape index (κ1) is 13.0. The third kappa shape index (κ3) is 2.54. The third-order valence-electron chi connectivity index (χ3n) is 2.93. The van der Waals surface area contributed by atoms with Gasteiger partial charge < -0.3 is 11.1 Å². The largest absolute Gasteiger partial charge is 0.367 e. The predicted octanol–water partition coefficient (Wildman–Crippen LogP) is 2.03. The quantitative estimate of drug-likeness (QED) is 0.882. The molecule has 1 unspecified atom stereocenters. The number of carbonyl (C=O) groups is 1. The van der Waals surface area contributed by atoms with Gasteiger partial charge >= 0.3 is 0 Å². The van der Waals surface area contributed by atoms with Gasteiger partial charge in [-0.2, -0.15) is 0 Å². The number of nitrogens with zero attached hydrogens (tertiary/aromatic N) is 1. The minimum Gasteiger partial charge on any atom is -0.367 e. The summed E-state index contributed by atoms with van der Waals surface area (Å²) in [5, 5.41) is 2.83. The van der Waals surface area contributed by atoms with E-state index in [4.69, 9.17) is 5.73 Å². The van der Waals surface area contributed by atoms with Crippen molar-refractivity contribution in [1.29, 1.82) is 0 Å². The van der Waals surface area contributed by atoms with Gasteiger partial charge in [-0.25, -0.2) is 4.39 Å². The number of pyridine rings is 1. The molecule has 2 aromatic rings. The highest BCUT2D eigenvalue weighted by Crippen LogP contribution is 2.25. The maximum atomic E-state index is 13.7. The molecule has 0 fully saturated rings. The second kappa shape index (κ2) is 5.06. The summed E-state index contributed by atoms with van der Waals surface area (Å²) in [6.07, 6.45) is 1.56. The number of anilines is 1. The van der Waals surface area contributed by atoms with Crippen LogP contribution < -0.4 is 11.1 Å². The molecule has 0 radical (unpaired) electrons. The number of hydrogen-bond donors (Lipinski definition) is 2. The molecule has 0 saturated heterocycles. The molecule has 0 saturated carbocycles. The molecule has 4 nitrogen and oxygen atoms in total. The Hall–Kier alpha value is -2.43. The first-order valence-corrected chi connectivity index (χ1v) is 5.78. The summed E-state index contributed by atoms with van der Waals surface area (Å²) in [5.74, 6) is -1.08. The number of benzene rings is 1. The zero-order valence-corrected chi connectivity index (χ0v) is 10.4. The Kier molecular flexibility index (Phi) is 3.46. The van der Waals surface area contributed by atoms with Crippen LogP contribution in [0.2, 0.25) is 0 Å². The fourth-order valence-electron chi connectivity index (χ4n) is 1.74. The number of carbonyl (C=O) groups excluding carboxylic acids is 1. The van der Waals surface area contributed by atoms with Gasteiger partial charge in [0.1, 0.15) is 5.82 Å². The van der Waals surface area contributed by atoms with Crippen LogP contribution in [0.4, 0.5) is 10.1 Å². The number of nitrogens with one attached hydrogen (secondary N) is 1. The molecule has 0 bridgehead atoms. The number of nitrogens with two attached hydrogens (primary N) is 1. The lowest BCUT2D eigenvalue weighted by Crippen LogP contribution is -2.46. The van der Waals surface area contributed by atoms with E-state index in [2.05, 4.69) is 10.3 Å². The highest BCUT2D eigenvalue weighted by atomic mass is 19.1. The summed E-state index contributed by atoms with van der Waals surface area (Å²) in [6.45, 7) is 1.57. The van der Waals surface area contributed by atoms with Gasteiger partial charge in [-0.15, -0.1) is 0 Å². The molecule has 1 aromatic carbocycles. The van der Waals surface area contributed by atoms with Crippen molar-refractivity contribution in [2.24, 2.45) is 5.73 Å². The van der Waals surface area contributed by atoms with Gasteiger partial charge in [0.15, 0.2) is 5.54 Å². The Bertz CT molecular complexity index is 588. The number of primary amides is 1. The first-order chi connectivity index (χ1) is 9.04. The number of aromatic nitrogens is 1. The highest BCUT2D eigenvalue weighted by molar-refractivity contribution is 5.88. The predicted molar refractivity (Wildman–Crippen MR) is 70.8 cm³/mol. The van der Waals surface area contributed by atoms with Crippen LogP contribution in [0.25, 0.3) is 0 Å². The Morgan fingerprint density at radius 3 is 2.53 bits per heavy atom.